The van der Waals surface area contributed by atoms with Gasteiger partial charge in [-0.25, -0.2) is 0 Å². The molecule has 0 atom stereocenters. The largest absolute Gasteiger partial charge is 0.396 e. The highest BCUT2D eigenvalue weighted by molar-refractivity contribution is 5.55. The van der Waals surface area contributed by atoms with Gasteiger partial charge in [-0.2, -0.15) is 0 Å². The minimum atomic E-state index is 0.286. The monoisotopic (exact) mass is 262 g/mol. The normalized spacial score (nSPS) is 16.6. The molecular formula is C16H26N2O. The molecule has 1 fully saturated rings. The van der Waals surface area contributed by atoms with Crippen molar-refractivity contribution in [3.8, 4) is 0 Å². The molecule has 0 aromatic heterocycles. The fraction of sp³-hybridized carbons (Fsp3) is 0.625. The van der Waals surface area contributed by atoms with Crippen LogP contribution in [0.2, 0.25) is 0 Å². The first-order valence-corrected chi connectivity index (χ1v) is 7.49. The Morgan fingerprint density at radius 1 is 1.16 bits per heavy atom. The number of aliphatic hydroxyl groups excluding tert-OH is 1. The Morgan fingerprint density at radius 2 is 1.84 bits per heavy atom. The van der Waals surface area contributed by atoms with Crippen LogP contribution in [-0.2, 0) is 0 Å². The van der Waals surface area contributed by atoms with Crippen LogP contribution in [0.1, 0.15) is 32.6 Å². The molecule has 1 aliphatic heterocycles. The first-order chi connectivity index (χ1) is 9.29. The van der Waals surface area contributed by atoms with Gasteiger partial charge in [-0.15, -0.1) is 0 Å². The average Bonchev–Trinajstić information content (AvgIpc) is 2.45. The molecule has 0 radical (unpaired) electrons. The van der Waals surface area contributed by atoms with Crippen LogP contribution in [0.5, 0.6) is 0 Å². The zero-order chi connectivity index (χ0) is 13.5. The summed E-state index contributed by atoms with van der Waals surface area (Å²) in [6.07, 6.45) is 4.50. The van der Waals surface area contributed by atoms with Gasteiger partial charge in [0.25, 0.3) is 0 Å². The Kier molecular flexibility index (Phi) is 5.52. The fourth-order valence-corrected chi connectivity index (χ4v) is 2.53. The van der Waals surface area contributed by atoms with E-state index >= 15 is 0 Å². The number of unbranched alkanes of at least 4 members (excludes halogenated alkanes) is 1. The molecule has 19 heavy (non-hydrogen) atoms. The van der Waals surface area contributed by atoms with Crippen molar-refractivity contribution >= 4 is 11.4 Å². The summed E-state index contributed by atoms with van der Waals surface area (Å²) >= 11 is 0. The number of nitrogens with zero attached hydrogens (tertiary/aromatic N) is 1. The molecule has 0 bridgehead atoms. The SMILES string of the molecule is CC1CCN(c2ccc(NCCCCO)cc2)CC1. The molecule has 106 valence electrons. The number of benzene rings is 1. The van der Waals surface area contributed by atoms with Crippen molar-refractivity contribution in [2.45, 2.75) is 32.6 Å². The zero-order valence-corrected chi connectivity index (χ0v) is 11.9. The van der Waals surface area contributed by atoms with Crippen LogP contribution >= 0.6 is 0 Å². The first-order valence-electron chi connectivity index (χ1n) is 7.49. The Labute approximate surface area is 116 Å². The van der Waals surface area contributed by atoms with Gasteiger partial charge in [-0.3, -0.25) is 0 Å². The molecule has 0 amide bonds. The van der Waals surface area contributed by atoms with Gasteiger partial charge >= 0.3 is 0 Å². The van der Waals surface area contributed by atoms with Gasteiger partial charge in [0.1, 0.15) is 0 Å². The molecule has 3 nitrogen and oxygen atoms in total. The van der Waals surface area contributed by atoms with Crippen molar-refractivity contribution in [3.05, 3.63) is 24.3 Å². The molecule has 0 unspecified atom stereocenters. The Bertz CT molecular complexity index is 356. The van der Waals surface area contributed by atoms with Crippen LogP contribution in [0.15, 0.2) is 24.3 Å². The lowest BCUT2D eigenvalue weighted by Gasteiger charge is -2.32. The summed E-state index contributed by atoms with van der Waals surface area (Å²) in [6, 6.07) is 8.74. The molecule has 0 aliphatic carbocycles. The van der Waals surface area contributed by atoms with Crippen molar-refractivity contribution in [1.82, 2.24) is 0 Å². The molecule has 0 spiro atoms. The molecule has 1 aromatic carbocycles. The number of rotatable bonds is 6. The lowest BCUT2D eigenvalue weighted by atomic mass is 9.99. The fourth-order valence-electron chi connectivity index (χ4n) is 2.53. The van der Waals surface area contributed by atoms with E-state index in [1.807, 2.05) is 0 Å². The predicted octanol–water partition coefficient (Wildman–Crippen LogP) is 3.11. The van der Waals surface area contributed by atoms with Gasteiger partial charge in [0.05, 0.1) is 0 Å². The first kappa shape index (κ1) is 14.2. The van der Waals surface area contributed by atoms with E-state index in [1.165, 1.54) is 37.3 Å². The predicted molar refractivity (Wildman–Crippen MR) is 81.9 cm³/mol. The van der Waals surface area contributed by atoms with E-state index in [0.717, 1.165) is 25.3 Å². The van der Waals surface area contributed by atoms with Gasteiger partial charge in [0, 0.05) is 37.6 Å². The second-order valence-corrected chi connectivity index (χ2v) is 5.57. The van der Waals surface area contributed by atoms with Crippen LogP contribution < -0.4 is 10.2 Å². The standard InChI is InChI=1S/C16H26N2O/c1-14-8-11-18(12-9-14)16-6-4-15(5-7-16)17-10-2-3-13-19/h4-7,14,17,19H,2-3,8-13H2,1H3. The highest BCUT2D eigenvalue weighted by Gasteiger charge is 2.15. The summed E-state index contributed by atoms with van der Waals surface area (Å²) in [7, 11) is 0. The summed E-state index contributed by atoms with van der Waals surface area (Å²) in [5.41, 5.74) is 2.51. The molecule has 1 aliphatic rings. The lowest BCUT2D eigenvalue weighted by Crippen LogP contribution is -2.32. The van der Waals surface area contributed by atoms with Gasteiger partial charge in [-0.1, -0.05) is 6.92 Å². The zero-order valence-electron chi connectivity index (χ0n) is 11.9. The van der Waals surface area contributed by atoms with Gasteiger partial charge in [-0.05, 0) is 55.9 Å². The summed E-state index contributed by atoms with van der Waals surface area (Å²) in [6.45, 7) is 5.93. The van der Waals surface area contributed by atoms with E-state index < -0.39 is 0 Å². The molecule has 2 rings (SSSR count). The number of piperidine rings is 1. The van der Waals surface area contributed by atoms with E-state index in [-0.39, 0.29) is 6.61 Å². The van der Waals surface area contributed by atoms with Crippen molar-refractivity contribution in [1.29, 1.82) is 0 Å². The number of anilines is 2. The second kappa shape index (κ2) is 7.39. The lowest BCUT2D eigenvalue weighted by molar-refractivity contribution is 0.286. The van der Waals surface area contributed by atoms with Gasteiger partial charge in [0.15, 0.2) is 0 Å². The third-order valence-electron chi connectivity index (χ3n) is 3.93. The maximum absolute atomic E-state index is 8.73. The van der Waals surface area contributed by atoms with Crippen LogP contribution in [0.3, 0.4) is 0 Å². The minimum absolute atomic E-state index is 0.286. The summed E-state index contributed by atoms with van der Waals surface area (Å²) in [4.78, 5) is 2.48. The summed E-state index contributed by atoms with van der Waals surface area (Å²) in [5, 5.41) is 12.1. The van der Waals surface area contributed by atoms with E-state index in [0.29, 0.717) is 0 Å². The van der Waals surface area contributed by atoms with Crippen molar-refractivity contribution < 1.29 is 5.11 Å². The topological polar surface area (TPSA) is 35.5 Å². The third kappa shape index (κ3) is 4.43. The van der Waals surface area contributed by atoms with Gasteiger partial charge < -0.3 is 15.3 Å². The van der Waals surface area contributed by atoms with Crippen molar-refractivity contribution in [2.24, 2.45) is 5.92 Å². The van der Waals surface area contributed by atoms with E-state index in [9.17, 15) is 0 Å². The highest BCUT2D eigenvalue weighted by Crippen LogP contribution is 2.24. The van der Waals surface area contributed by atoms with Crippen LogP contribution in [-0.4, -0.2) is 31.3 Å². The van der Waals surface area contributed by atoms with Crippen molar-refractivity contribution in [3.63, 3.8) is 0 Å². The van der Waals surface area contributed by atoms with E-state index in [4.69, 9.17) is 5.11 Å². The highest BCUT2D eigenvalue weighted by atomic mass is 16.2. The summed E-state index contributed by atoms with van der Waals surface area (Å²) < 4.78 is 0. The number of nitrogens with one attached hydrogen (secondary N) is 1. The van der Waals surface area contributed by atoms with Crippen LogP contribution in [0.4, 0.5) is 11.4 Å². The molecular weight excluding hydrogens is 236 g/mol. The molecule has 1 aromatic rings. The average molecular weight is 262 g/mol. The maximum atomic E-state index is 8.73. The summed E-state index contributed by atoms with van der Waals surface area (Å²) in [5.74, 6) is 0.878. The Morgan fingerprint density at radius 3 is 2.47 bits per heavy atom. The molecule has 0 saturated carbocycles. The molecule has 1 heterocycles. The Balaban J connectivity index is 1.81. The quantitative estimate of drug-likeness (QED) is 0.773. The van der Waals surface area contributed by atoms with Crippen molar-refractivity contribution in [2.75, 3.05) is 36.5 Å². The number of aliphatic hydroxyl groups is 1. The smallest absolute Gasteiger partial charge is 0.0431 e. The maximum Gasteiger partial charge on any atom is 0.0431 e. The van der Waals surface area contributed by atoms with Gasteiger partial charge in [0.2, 0.25) is 0 Å². The third-order valence-corrected chi connectivity index (χ3v) is 3.93. The van der Waals surface area contributed by atoms with Crippen LogP contribution in [0, 0.1) is 5.92 Å². The molecule has 3 heteroatoms. The second-order valence-electron chi connectivity index (χ2n) is 5.57. The molecule has 1 saturated heterocycles. The molecule has 2 N–H and O–H groups in total. The number of hydrogen-bond acceptors (Lipinski definition) is 3. The van der Waals surface area contributed by atoms with E-state index in [1.54, 1.807) is 0 Å². The van der Waals surface area contributed by atoms with E-state index in [2.05, 4.69) is 41.4 Å². The minimum Gasteiger partial charge on any atom is -0.396 e. The number of hydrogen-bond donors (Lipinski definition) is 2. The van der Waals surface area contributed by atoms with Crippen LogP contribution in [0.25, 0.3) is 0 Å². The Hall–Kier alpha value is -1.22.